The molecule has 1 saturated carbocycles. The molecule has 3 aromatic rings. The van der Waals surface area contributed by atoms with E-state index in [4.69, 9.17) is 10.00 Å². The van der Waals surface area contributed by atoms with Gasteiger partial charge in [-0.25, -0.2) is 4.79 Å². The number of nitrogens with one attached hydrogen (secondary N) is 2. The fourth-order valence-corrected chi connectivity index (χ4v) is 5.14. The Kier molecular flexibility index (Phi) is 8.16. The van der Waals surface area contributed by atoms with Crippen molar-refractivity contribution in [2.75, 3.05) is 6.54 Å². The number of aromatic amines is 1. The van der Waals surface area contributed by atoms with Crippen LogP contribution in [0.2, 0.25) is 0 Å². The molecule has 198 valence electrons. The number of hydrogen-bond acceptors (Lipinski definition) is 5. The summed E-state index contributed by atoms with van der Waals surface area (Å²) in [4.78, 5) is 26.0. The summed E-state index contributed by atoms with van der Waals surface area (Å²) in [7, 11) is 0. The predicted octanol–water partition coefficient (Wildman–Crippen LogP) is 5.47. The highest BCUT2D eigenvalue weighted by Gasteiger charge is 2.52. The fourth-order valence-electron chi connectivity index (χ4n) is 5.14. The average molecular weight is 514 g/mol. The normalized spacial score (nSPS) is 19.8. The maximum absolute atomic E-state index is 12.3. The number of H-pyrrole nitrogens is 1. The smallest absolute Gasteiger partial charge is 0.411 e. The lowest BCUT2D eigenvalue weighted by Crippen LogP contribution is -2.53. The number of amides is 2. The number of benzene rings is 2. The van der Waals surface area contributed by atoms with Crippen LogP contribution in [0.15, 0.2) is 60.8 Å². The molecular formula is C30H35N5O3. The Bertz CT molecular complexity index is 1270. The minimum atomic E-state index is -0.577. The molecule has 3 atom stereocenters. The minimum absolute atomic E-state index is 0.0329. The number of aromatic nitrogens is 2. The first-order chi connectivity index (χ1) is 18.2. The van der Waals surface area contributed by atoms with Crippen LogP contribution in [0, 0.1) is 24.2 Å². The molecule has 2 bridgehead atoms. The number of aryl methyl sites for hydroxylation is 1. The summed E-state index contributed by atoms with van der Waals surface area (Å²) in [5, 5.41) is 18.0. The van der Waals surface area contributed by atoms with Crippen LogP contribution in [0.4, 0.5) is 4.79 Å². The second-order valence-electron chi connectivity index (χ2n) is 10.8. The Morgan fingerprint density at radius 1 is 1.05 bits per heavy atom. The van der Waals surface area contributed by atoms with Crippen molar-refractivity contribution in [1.82, 2.24) is 20.4 Å². The Labute approximate surface area is 224 Å². The maximum Gasteiger partial charge on any atom is 0.411 e. The first kappa shape index (κ1) is 26.9. The molecule has 2 aliphatic rings. The zero-order chi connectivity index (χ0) is 27.3. The van der Waals surface area contributed by atoms with Crippen LogP contribution < -0.4 is 5.32 Å². The summed E-state index contributed by atoms with van der Waals surface area (Å²) >= 11 is 0. The third-order valence-corrected chi connectivity index (χ3v) is 6.88. The van der Waals surface area contributed by atoms with E-state index in [1.54, 1.807) is 11.1 Å². The first-order valence-corrected chi connectivity index (χ1v) is 13.0. The molecule has 38 heavy (non-hydrogen) atoms. The Balaban J connectivity index is 0.000000178. The molecule has 1 aliphatic heterocycles. The topological polar surface area (TPSA) is 111 Å². The third kappa shape index (κ3) is 6.41. The van der Waals surface area contributed by atoms with E-state index in [0.717, 1.165) is 30.5 Å². The van der Waals surface area contributed by atoms with Gasteiger partial charge >= 0.3 is 6.09 Å². The summed E-state index contributed by atoms with van der Waals surface area (Å²) in [6, 6.07) is 20.5. The van der Waals surface area contributed by atoms with Crippen molar-refractivity contribution >= 4 is 12.0 Å². The molecule has 2 N–H and O–H groups in total. The highest BCUT2D eigenvalue weighted by Crippen LogP contribution is 2.43. The van der Waals surface area contributed by atoms with Crippen LogP contribution in [0.1, 0.15) is 45.6 Å². The van der Waals surface area contributed by atoms with Gasteiger partial charge in [-0.2, -0.15) is 10.4 Å². The monoisotopic (exact) mass is 513 g/mol. The SMILES string of the molecule is CC(C)(C)OC(=O)N1C2CCC(C2)C1C(=O)NCC#N.Cc1ccc(-c2ccc(-c3ccn[nH]3)cc2)cc1. The molecule has 2 fully saturated rings. The van der Waals surface area contributed by atoms with Crippen molar-refractivity contribution in [2.45, 2.75) is 64.6 Å². The van der Waals surface area contributed by atoms with E-state index in [1.165, 1.54) is 16.7 Å². The van der Waals surface area contributed by atoms with Crippen LogP contribution in [0.3, 0.4) is 0 Å². The molecule has 8 heteroatoms. The number of nitriles is 1. The quantitative estimate of drug-likeness (QED) is 0.450. The van der Waals surface area contributed by atoms with Gasteiger partial charge in [-0.3, -0.25) is 14.8 Å². The molecule has 1 saturated heterocycles. The molecule has 1 aliphatic carbocycles. The maximum atomic E-state index is 12.3. The van der Waals surface area contributed by atoms with Crippen LogP contribution in [0.25, 0.3) is 22.4 Å². The summed E-state index contributed by atoms with van der Waals surface area (Å²) in [5.74, 6) is -0.0594. The predicted molar refractivity (Wildman–Crippen MR) is 146 cm³/mol. The van der Waals surface area contributed by atoms with Gasteiger partial charge in [0.25, 0.3) is 0 Å². The van der Waals surface area contributed by atoms with Gasteiger partial charge in [-0.05, 0) is 75.6 Å². The number of hydrogen-bond donors (Lipinski definition) is 2. The number of carbonyl (C=O) groups excluding carboxylic acids is 2. The van der Waals surface area contributed by atoms with Gasteiger partial charge in [0, 0.05) is 12.2 Å². The van der Waals surface area contributed by atoms with E-state index < -0.39 is 17.7 Å². The molecule has 0 radical (unpaired) electrons. The molecule has 2 aromatic carbocycles. The highest BCUT2D eigenvalue weighted by atomic mass is 16.6. The number of carbonyl (C=O) groups is 2. The van der Waals surface area contributed by atoms with Crippen molar-refractivity contribution in [1.29, 1.82) is 5.26 Å². The number of piperidine rings is 1. The summed E-state index contributed by atoms with van der Waals surface area (Å²) in [5.41, 5.74) is 5.39. The van der Waals surface area contributed by atoms with Crippen molar-refractivity contribution in [3.8, 4) is 28.5 Å². The van der Waals surface area contributed by atoms with E-state index in [9.17, 15) is 9.59 Å². The van der Waals surface area contributed by atoms with E-state index in [0.29, 0.717) is 0 Å². The molecule has 8 nitrogen and oxygen atoms in total. The van der Waals surface area contributed by atoms with Crippen LogP contribution >= 0.6 is 0 Å². The molecule has 3 unspecified atom stereocenters. The third-order valence-electron chi connectivity index (χ3n) is 6.88. The van der Waals surface area contributed by atoms with E-state index in [-0.39, 0.29) is 24.4 Å². The molecule has 5 rings (SSSR count). The van der Waals surface area contributed by atoms with E-state index in [2.05, 4.69) is 71.0 Å². The number of rotatable bonds is 4. The van der Waals surface area contributed by atoms with Gasteiger partial charge in [0.05, 0.1) is 11.8 Å². The van der Waals surface area contributed by atoms with Gasteiger partial charge in [-0.1, -0.05) is 54.1 Å². The molecule has 1 aromatic heterocycles. The summed E-state index contributed by atoms with van der Waals surface area (Å²) in [6.45, 7) is 7.50. The highest BCUT2D eigenvalue weighted by molar-refractivity contribution is 5.87. The van der Waals surface area contributed by atoms with Gasteiger partial charge in [0.1, 0.15) is 18.2 Å². The van der Waals surface area contributed by atoms with Gasteiger partial charge in [0.2, 0.25) is 5.91 Å². The lowest BCUT2D eigenvalue weighted by atomic mass is 9.98. The minimum Gasteiger partial charge on any atom is -0.444 e. The number of likely N-dealkylation sites (tertiary alicyclic amines) is 1. The van der Waals surface area contributed by atoms with Crippen LogP contribution in [-0.4, -0.2) is 51.3 Å². The van der Waals surface area contributed by atoms with Crippen LogP contribution in [0.5, 0.6) is 0 Å². The van der Waals surface area contributed by atoms with Crippen molar-refractivity contribution < 1.29 is 14.3 Å². The average Bonchev–Trinajstić information content (AvgIpc) is 3.65. The van der Waals surface area contributed by atoms with Gasteiger partial charge in [-0.15, -0.1) is 0 Å². The Morgan fingerprint density at radius 3 is 2.26 bits per heavy atom. The van der Waals surface area contributed by atoms with Crippen molar-refractivity contribution in [2.24, 2.45) is 5.92 Å². The zero-order valence-corrected chi connectivity index (χ0v) is 22.4. The van der Waals surface area contributed by atoms with E-state index >= 15 is 0 Å². The summed E-state index contributed by atoms with van der Waals surface area (Å²) in [6.07, 6.45) is 4.06. The lowest BCUT2D eigenvalue weighted by molar-refractivity contribution is -0.127. The van der Waals surface area contributed by atoms with Gasteiger partial charge < -0.3 is 10.1 Å². The standard InChI is InChI=1S/C16H14N2.C14H21N3O3/c1-12-2-4-13(5-3-12)14-6-8-15(9-7-14)16-10-11-17-18-16;1-14(2,3)20-13(19)17-10-5-4-9(8-10)11(17)12(18)16-7-6-15/h2-11H,1H3,(H,17,18);9-11H,4-5,7-8H2,1-3H3,(H,16,18). The number of fused-ring (bicyclic) bond motifs is 2. The molecule has 2 heterocycles. The Morgan fingerprint density at radius 2 is 1.68 bits per heavy atom. The second-order valence-corrected chi connectivity index (χ2v) is 10.8. The number of ether oxygens (including phenoxy) is 1. The molecule has 0 spiro atoms. The van der Waals surface area contributed by atoms with Crippen molar-refractivity contribution in [3.05, 3.63) is 66.4 Å². The van der Waals surface area contributed by atoms with E-state index in [1.807, 2.05) is 32.9 Å². The first-order valence-electron chi connectivity index (χ1n) is 13.0. The largest absolute Gasteiger partial charge is 0.444 e. The lowest BCUT2D eigenvalue weighted by Gasteiger charge is -2.35. The molecule has 2 amide bonds. The Hall–Kier alpha value is -4.12. The van der Waals surface area contributed by atoms with Crippen molar-refractivity contribution in [3.63, 3.8) is 0 Å². The molecular weight excluding hydrogens is 478 g/mol. The zero-order valence-electron chi connectivity index (χ0n) is 22.4. The fraction of sp³-hybridized carbons (Fsp3) is 0.400. The number of nitrogens with zero attached hydrogens (tertiary/aromatic N) is 3. The van der Waals surface area contributed by atoms with Crippen LogP contribution in [-0.2, 0) is 9.53 Å². The summed E-state index contributed by atoms with van der Waals surface area (Å²) < 4.78 is 5.40. The van der Waals surface area contributed by atoms with Gasteiger partial charge in [0.15, 0.2) is 0 Å². The second kappa shape index (κ2) is 11.5.